The molecule has 0 radical (unpaired) electrons. The number of H-pyrrole nitrogens is 1. The molecule has 3 aromatic carbocycles. The van der Waals surface area contributed by atoms with Gasteiger partial charge in [0, 0.05) is 44.8 Å². The number of phenols is 2. The van der Waals surface area contributed by atoms with E-state index < -0.39 is 311 Å². The molecule has 0 saturated carbocycles. The number of benzene rings is 3. The first-order valence-corrected chi connectivity index (χ1v) is 44.3. The SMILES string of the molecule is CC(C)C[C@H](NC(=O)[C@H](Cc1ccc(O)cc1)NC(=O)[C@H](CCCCN)NC(=O)[C@H](CO)NC(=O)[C@H](Cc1ccc(O)cc1)NC(=O)[C@H](CC(=O)O)NC(=O)[C@H](CO)NC(=O)[C@@H](NC(=O)[C@H](Cc1ccccc1)NC(=O)[C@@H](NC(=O)CNC(=O)[C@H](CCC(N)=O)NC(=O)[C@H](CO)NC(=O)[C@@H](N)Cc1c[nH]cn1)[C@@H](C)O)[C@@H](C)O)C(=O)N[C@@H](CC(N)=O)C(=O)N[C@@H](CO)C(=O)N[C@@H](CCCN=C(N)N)C(=O)O. The predicted molar refractivity (Wildman–Crippen MR) is 492 cm³/mol. The van der Waals surface area contributed by atoms with Crippen molar-refractivity contribution in [3.63, 3.8) is 0 Å². The average molecular weight is 1990 g/mol. The summed E-state index contributed by atoms with van der Waals surface area (Å²) in [5.74, 6) is -26.7. The first-order valence-electron chi connectivity index (χ1n) is 44.3. The summed E-state index contributed by atoms with van der Waals surface area (Å²) in [6, 6.07) is -11.9. The smallest absolute Gasteiger partial charge is 0.326 e. The molecule has 0 aliphatic rings. The first-order chi connectivity index (χ1) is 66.6. The number of primary amides is 2. The summed E-state index contributed by atoms with van der Waals surface area (Å²) in [4.78, 5) is 284. The number of aliphatic hydroxyl groups excluding tert-OH is 6. The highest BCUT2D eigenvalue weighted by Gasteiger charge is 2.41. The van der Waals surface area contributed by atoms with Gasteiger partial charge in [0.25, 0.3) is 0 Å². The molecule has 1 aromatic heterocycles. The number of guanidine groups is 1. The van der Waals surface area contributed by atoms with Crippen molar-refractivity contribution >= 4 is 124 Å². The third-order valence-electron chi connectivity index (χ3n) is 20.9. The number of carboxylic acid groups (broad SMARTS) is 2. The van der Waals surface area contributed by atoms with Gasteiger partial charge < -0.3 is 176 Å². The Morgan fingerprint density at radius 1 is 0.390 bits per heavy atom. The van der Waals surface area contributed by atoms with E-state index in [4.69, 9.17) is 34.4 Å². The van der Waals surface area contributed by atoms with Crippen LogP contribution in [0.25, 0.3) is 0 Å². The predicted octanol–water partition coefficient (Wildman–Crippen LogP) is -13.5. The number of amides is 18. The van der Waals surface area contributed by atoms with Gasteiger partial charge in [-0.2, -0.15) is 0 Å². The molecule has 18 atom stereocenters. The number of imidazole rings is 1. The van der Waals surface area contributed by atoms with Gasteiger partial charge in [-0.1, -0.05) is 68.4 Å². The van der Waals surface area contributed by atoms with Gasteiger partial charge in [-0.3, -0.25) is 96.1 Å². The van der Waals surface area contributed by atoms with Gasteiger partial charge >= 0.3 is 11.9 Å². The maximum absolute atomic E-state index is 14.7. The zero-order valence-electron chi connectivity index (χ0n) is 77.5. The summed E-state index contributed by atoms with van der Waals surface area (Å²) >= 11 is 0. The Hall–Kier alpha value is -15.2. The summed E-state index contributed by atoms with van der Waals surface area (Å²) in [5.41, 5.74) is 34.3. The van der Waals surface area contributed by atoms with E-state index in [0.29, 0.717) is 11.3 Å². The lowest BCUT2D eigenvalue weighted by Crippen LogP contribution is -2.63. The zero-order chi connectivity index (χ0) is 105. The number of phenolic OH excluding ortho intramolecular Hbond substituents is 2. The zero-order valence-corrected chi connectivity index (χ0v) is 77.5. The number of aliphatic hydroxyl groups is 6. The molecule has 0 bridgehead atoms. The van der Waals surface area contributed by atoms with Crippen molar-refractivity contribution in [2.75, 3.05) is 46.1 Å². The Kier molecular flexibility index (Phi) is 50.7. The number of aromatic hydroxyl groups is 2. The van der Waals surface area contributed by atoms with Gasteiger partial charge in [0.15, 0.2) is 5.96 Å². The van der Waals surface area contributed by atoms with Crippen LogP contribution in [0.5, 0.6) is 11.5 Å². The first kappa shape index (κ1) is 118. The summed E-state index contributed by atoms with van der Waals surface area (Å²) in [7, 11) is 0. The van der Waals surface area contributed by atoms with Crippen LogP contribution in [0, 0.1) is 5.92 Å². The molecule has 55 nitrogen and oxygen atoms in total. The van der Waals surface area contributed by atoms with E-state index in [1.165, 1.54) is 73.2 Å². The van der Waals surface area contributed by atoms with Gasteiger partial charge in [-0.05, 0) is 112 Å². The number of nitrogens with two attached hydrogens (primary N) is 6. The number of aliphatic carboxylic acids is 2. The number of aromatic nitrogens is 2. The molecule has 0 saturated heterocycles. The number of carbonyl (C=O) groups excluding carboxylic acids is 18. The van der Waals surface area contributed by atoms with Crippen LogP contribution in [0.2, 0.25) is 0 Å². The molecule has 0 aliphatic heterocycles. The Balaban J connectivity index is 1.57. The van der Waals surface area contributed by atoms with E-state index in [9.17, 15) is 147 Å². The van der Waals surface area contributed by atoms with Crippen LogP contribution in [-0.4, -0.2) is 340 Å². The Bertz CT molecular complexity index is 4920. The maximum atomic E-state index is 14.7. The molecule has 141 heavy (non-hydrogen) atoms. The minimum atomic E-state index is -2.27. The molecule has 0 fully saturated rings. The van der Waals surface area contributed by atoms with Crippen LogP contribution in [0.1, 0.15) is 114 Å². The Morgan fingerprint density at radius 2 is 0.759 bits per heavy atom. The van der Waals surface area contributed by atoms with Crippen molar-refractivity contribution < 1.29 is 147 Å². The van der Waals surface area contributed by atoms with Gasteiger partial charge in [0.1, 0.15) is 102 Å². The molecule has 0 aliphatic carbocycles. The second kappa shape index (κ2) is 60.5. The molecule has 1 heterocycles. The summed E-state index contributed by atoms with van der Waals surface area (Å²) in [6.45, 7) is -0.576. The summed E-state index contributed by atoms with van der Waals surface area (Å²) in [6.07, 6.45) is -6.23. The third-order valence-corrected chi connectivity index (χ3v) is 20.9. The average Bonchev–Trinajstić information content (AvgIpc) is 1.09. The van der Waals surface area contributed by atoms with Gasteiger partial charge in [-0.25, -0.2) is 9.78 Å². The van der Waals surface area contributed by atoms with Crippen LogP contribution < -0.4 is 119 Å². The van der Waals surface area contributed by atoms with Crippen LogP contribution >= 0.6 is 0 Å². The molecule has 18 amide bonds. The lowest BCUT2D eigenvalue weighted by molar-refractivity contribution is -0.143. The minimum Gasteiger partial charge on any atom is -0.508 e. The van der Waals surface area contributed by atoms with Crippen molar-refractivity contribution in [2.24, 2.45) is 45.3 Å². The number of unbranched alkanes of at least 4 members (excludes halogenated alkanes) is 1. The van der Waals surface area contributed by atoms with Crippen molar-refractivity contribution in [3.05, 3.63) is 114 Å². The standard InChI is InChI=1S/C86H127N25O30/c1-41(2)27-54(73(128)103-58(32-65(90)121)76(131)108-62(38-114)81(136)99-53(85(140)141)14-10-26-94-86(91)92)100-74(129)55(29-45-15-19-48(118)20-16-45)101-72(127)51(13-8-9-25-87)97-80(135)61(37-113)107-75(130)56(30-46-17-21-49(119)22-18-46)102-77(132)59(33-67(123)124)104-82(137)63(39-115)109-84(139)69(43(4)117)111-78(133)57(28-44-11-6-5-7-12-44)105-83(138)68(42(3)116)110-66(122)35-95-71(126)52(23-24-64(89)120)98-79(134)60(36-112)106-70(125)50(88)31-47-34-93-40-96-47/h5-7,11-12,15-22,34,40-43,50-63,68-69,112-119H,8-10,13-14,23-33,35-39,87-88H2,1-4H3,(H2,89,120)(H2,90,121)(H,93,96)(H,95,126)(H,97,135)(H,98,134)(H,99,136)(H,100,129)(H,101,127)(H,102,132)(H,103,128)(H,104,137)(H,105,138)(H,106,125)(H,107,130)(H,108,131)(H,109,139)(H,110,122)(H,111,133)(H,123,124)(H,140,141)(H4,91,92,94)/t42-,43-,50+,51+,52+,53+,54+,55+,56+,57+,58+,59+,60+,61+,62+,63+,68+,69+/m1/s1. The number of carbonyl (C=O) groups is 20. The summed E-state index contributed by atoms with van der Waals surface area (Å²) in [5, 5.41) is 140. The van der Waals surface area contributed by atoms with E-state index in [2.05, 4.69) is 94.7 Å². The fraction of sp³-hybridized carbons (Fsp3) is 0.512. The quantitative estimate of drug-likeness (QED) is 0.0111. The monoisotopic (exact) mass is 1990 g/mol. The number of hydrogen-bond acceptors (Lipinski definition) is 32. The maximum Gasteiger partial charge on any atom is 0.326 e. The number of hydrogen-bond donors (Lipinski definition) is 33. The second-order valence-electron chi connectivity index (χ2n) is 33.0. The number of carboxylic acids is 2. The van der Waals surface area contributed by atoms with E-state index in [-0.39, 0.29) is 86.6 Å². The highest BCUT2D eigenvalue weighted by Crippen LogP contribution is 2.18. The number of rotatable bonds is 64. The van der Waals surface area contributed by atoms with Crippen molar-refractivity contribution in [3.8, 4) is 11.5 Å². The van der Waals surface area contributed by atoms with Gasteiger partial charge in [0.05, 0.1) is 76.1 Å². The topological polar surface area (TPSA) is 933 Å². The van der Waals surface area contributed by atoms with E-state index in [0.717, 1.165) is 26.0 Å². The van der Waals surface area contributed by atoms with Gasteiger partial charge in [0.2, 0.25) is 106 Å². The molecule has 55 heteroatoms. The normalized spacial score (nSPS) is 14.9. The van der Waals surface area contributed by atoms with E-state index in [1.54, 1.807) is 19.9 Å². The lowest BCUT2D eigenvalue weighted by Gasteiger charge is -2.29. The number of aliphatic imine (C=N–C) groups is 1. The van der Waals surface area contributed by atoms with Crippen LogP contribution in [0.15, 0.2) is 96.4 Å². The fourth-order valence-corrected chi connectivity index (χ4v) is 13.4. The molecule has 39 N–H and O–H groups in total. The summed E-state index contributed by atoms with van der Waals surface area (Å²) < 4.78 is 0. The van der Waals surface area contributed by atoms with Crippen molar-refractivity contribution in [1.82, 2.24) is 95.0 Å². The second-order valence-corrected chi connectivity index (χ2v) is 33.0. The largest absolute Gasteiger partial charge is 0.508 e. The minimum absolute atomic E-state index is 0.0299. The van der Waals surface area contributed by atoms with E-state index >= 15 is 0 Å². The molecular weight excluding hydrogens is 1860 g/mol. The van der Waals surface area contributed by atoms with Crippen LogP contribution in [-0.2, 0) is 122 Å². The van der Waals surface area contributed by atoms with Crippen molar-refractivity contribution in [2.45, 2.75) is 226 Å². The highest BCUT2D eigenvalue weighted by molar-refractivity contribution is 6.02. The fourth-order valence-electron chi connectivity index (χ4n) is 13.4. The van der Waals surface area contributed by atoms with Crippen LogP contribution in [0.3, 0.4) is 0 Å². The van der Waals surface area contributed by atoms with Gasteiger partial charge in [-0.15, -0.1) is 0 Å². The highest BCUT2D eigenvalue weighted by atomic mass is 16.4. The number of nitrogens with zero attached hydrogens (tertiary/aromatic N) is 2. The van der Waals surface area contributed by atoms with Crippen molar-refractivity contribution in [1.29, 1.82) is 0 Å². The molecule has 4 rings (SSSR count). The molecule has 776 valence electrons. The molecule has 0 spiro atoms. The molecular formula is C86H127N25O30. The third kappa shape index (κ3) is 42.8. The Morgan fingerprint density at radius 3 is 1.18 bits per heavy atom. The number of aromatic amines is 1. The molecule has 0 unspecified atom stereocenters. The number of nitrogens with one attached hydrogen (secondary N) is 17. The molecule has 4 aromatic rings. The lowest BCUT2D eigenvalue weighted by atomic mass is 10.00. The Labute approximate surface area is 806 Å². The van der Waals surface area contributed by atoms with Crippen LogP contribution in [0.4, 0.5) is 0 Å². The van der Waals surface area contributed by atoms with E-state index in [1.807, 2.05) is 5.32 Å².